The quantitative estimate of drug-likeness (QED) is 0.177. The summed E-state index contributed by atoms with van der Waals surface area (Å²) in [5.41, 5.74) is 0.138. The van der Waals surface area contributed by atoms with E-state index >= 15 is 0 Å². The van der Waals surface area contributed by atoms with Gasteiger partial charge in [-0.1, -0.05) is 41.4 Å². The molecular formula is C29H19Cl2F5N4O3. The summed E-state index contributed by atoms with van der Waals surface area (Å²) in [4.78, 5) is 29.3. The number of carboxylic acid groups (broad SMARTS) is 1. The summed E-state index contributed by atoms with van der Waals surface area (Å²) in [6.07, 6.45) is -3.56. The number of aliphatic carboxylic acids is 1. The number of aromatic nitrogens is 1. The van der Waals surface area contributed by atoms with Gasteiger partial charge in [0.2, 0.25) is 0 Å². The Balaban J connectivity index is 1.65. The van der Waals surface area contributed by atoms with Crippen molar-refractivity contribution in [1.29, 1.82) is 5.26 Å². The molecule has 0 aliphatic heterocycles. The van der Waals surface area contributed by atoms with E-state index in [1.54, 1.807) is 24.3 Å². The zero-order valence-corrected chi connectivity index (χ0v) is 23.4. The molecule has 3 aromatic carbocycles. The summed E-state index contributed by atoms with van der Waals surface area (Å²) in [7, 11) is 0. The van der Waals surface area contributed by atoms with Gasteiger partial charge in [0.1, 0.15) is 29.3 Å². The number of hydrogen-bond donors (Lipinski definition) is 3. The van der Waals surface area contributed by atoms with E-state index in [0.29, 0.717) is 39.7 Å². The third-order valence-corrected chi connectivity index (χ3v) is 7.07. The lowest BCUT2D eigenvalue weighted by atomic mass is 9.94. The number of fused-ring (bicyclic) bond motifs is 1. The van der Waals surface area contributed by atoms with Crippen LogP contribution in [0.1, 0.15) is 28.4 Å². The Kier molecular flexibility index (Phi) is 9.08. The van der Waals surface area contributed by atoms with Crippen molar-refractivity contribution in [3.8, 4) is 17.2 Å². The number of carboxylic acids is 1. The number of nitrogens with one attached hydrogen (secondary N) is 2. The Bertz CT molecular complexity index is 1750. The average Bonchev–Trinajstić information content (AvgIpc) is 2.92. The molecule has 2 atom stereocenters. The second kappa shape index (κ2) is 12.4. The first-order valence-electron chi connectivity index (χ1n) is 12.3. The van der Waals surface area contributed by atoms with Crippen LogP contribution in [0.4, 0.5) is 27.6 Å². The smallest absolute Gasteiger partial charge is 0.408 e. The van der Waals surface area contributed by atoms with Crippen molar-refractivity contribution in [2.75, 3.05) is 5.32 Å². The summed E-state index contributed by atoms with van der Waals surface area (Å²) in [6, 6.07) is 8.37. The molecule has 0 radical (unpaired) electrons. The topological polar surface area (TPSA) is 115 Å². The number of pyridine rings is 1. The number of alkyl halides is 3. The molecule has 0 spiro atoms. The second-order valence-electron chi connectivity index (χ2n) is 9.39. The van der Waals surface area contributed by atoms with Crippen molar-refractivity contribution in [2.45, 2.75) is 31.6 Å². The molecule has 4 aromatic rings. The maximum absolute atomic E-state index is 14.7. The van der Waals surface area contributed by atoms with E-state index in [9.17, 15) is 41.9 Å². The maximum Gasteiger partial charge on any atom is 0.408 e. The number of halogens is 7. The van der Waals surface area contributed by atoms with Gasteiger partial charge >= 0.3 is 12.1 Å². The van der Waals surface area contributed by atoms with E-state index in [4.69, 9.17) is 23.2 Å². The minimum Gasteiger partial charge on any atom is -0.480 e. The molecule has 0 fully saturated rings. The minimum atomic E-state index is -4.70. The predicted octanol–water partition coefficient (Wildman–Crippen LogP) is 7.15. The fourth-order valence-corrected chi connectivity index (χ4v) is 5.05. The van der Waals surface area contributed by atoms with Gasteiger partial charge in [0.15, 0.2) is 0 Å². The largest absolute Gasteiger partial charge is 0.480 e. The first kappa shape index (κ1) is 31.5. The van der Waals surface area contributed by atoms with Gasteiger partial charge < -0.3 is 15.7 Å². The normalized spacial score (nSPS) is 12.8. The summed E-state index contributed by atoms with van der Waals surface area (Å²) < 4.78 is 67.8. The Morgan fingerprint density at radius 1 is 1.07 bits per heavy atom. The first-order chi connectivity index (χ1) is 20.2. The number of nitrogens with zero attached hydrogens (tertiary/aromatic N) is 2. The van der Waals surface area contributed by atoms with E-state index in [-0.39, 0.29) is 22.0 Å². The maximum atomic E-state index is 14.7. The molecule has 0 unspecified atom stereocenters. The molecule has 43 heavy (non-hydrogen) atoms. The fraction of sp³-hybridized carbons (Fsp3) is 0.172. The third-order valence-electron chi connectivity index (χ3n) is 6.47. The van der Waals surface area contributed by atoms with Crippen molar-refractivity contribution in [1.82, 2.24) is 10.3 Å². The zero-order valence-electron chi connectivity index (χ0n) is 21.9. The summed E-state index contributed by atoms with van der Waals surface area (Å²) in [5.74, 6) is -5.93. The molecule has 222 valence electrons. The second-order valence-corrected chi connectivity index (χ2v) is 10.2. The molecule has 0 aliphatic rings. The molecule has 3 N–H and O–H groups in total. The van der Waals surface area contributed by atoms with Crippen LogP contribution in [0.2, 0.25) is 10.0 Å². The van der Waals surface area contributed by atoms with Gasteiger partial charge in [-0.25, -0.2) is 13.6 Å². The van der Waals surface area contributed by atoms with Crippen molar-refractivity contribution >= 4 is 51.7 Å². The number of amides is 1. The Morgan fingerprint density at radius 2 is 1.70 bits per heavy atom. The summed E-state index contributed by atoms with van der Waals surface area (Å²) >= 11 is 12.8. The first-order valence-corrected chi connectivity index (χ1v) is 13.1. The van der Waals surface area contributed by atoms with Crippen LogP contribution in [0, 0.1) is 23.0 Å². The molecule has 7 nitrogen and oxygen atoms in total. The monoisotopic (exact) mass is 636 g/mol. The predicted molar refractivity (Wildman–Crippen MR) is 150 cm³/mol. The van der Waals surface area contributed by atoms with Gasteiger partial charge in [-0.2, -0.15) is 18.4 Å². The number of hydrogen-bond acceptors (Lipinski definition) is 5. The highest BCUT2D eigenvalue weighted by Crippen LogP contribution is 2.39. The molecule has 14 heteroatoms. The van der Waals surface area contributed by atoms with Crippen molar-refractivity contribution < 1.29 is 36.6 Å². The van der Waals surface area contributed by atoms with Crippen LogP contribution in [0.25, 0.3) is 22.0 Å². The van der Waals surface area contributed by atoms with Crippen molar-refractivity contribution in [3.63, 3.8) is 0 Å². The van der Waals surface area contributed by atoms with Crippen LogP contribution in [-0.4, -0.2) is 40.2 Å². The number of carbonyl (C=O) groups excluding carboxylic acids is 1. The zero-order chi connectivity index (χ0) is 31.6. The molecule has 1 heterocycles. The average molecular weight is 637 g/mol. The van der Waals surface area contributed by atoms with E-state index in [0.717, 1.165) is 6.92 Å². The molecular weight excluding hydrogens is 618 g/mol. The van der Waals surface area contributed by atoms with Gasteiger partial charge in [0, 0.05) is 34.8 Å². The van der Waals surface area contributed by atoms with Crippen molar-refractivity contribution in [2.24, 2.45) is 0 Å². The highest BCUT2D eigenvalue weighted by Gasteiger charge is 2.36. The number of nitriles is 1. The van der Waals surface area contributed by atoms with E-state index < -0.39 is 53.0 Å². The summed E-state index contributed by atoms with van der Waals surface area (Å²) in [6.45, 7) is 0.743. The fourth-order valence-electron chi connectivity index (χ4n) is 4.36. The van der Waals surface area contributed by atoms with E-state index in [2.05, 4.69) is 10.3 Å². The highest BCUT2D eigenvalue weighted by molar-refractivity contribution is 6.40. The van der Waals surface area contributed by atoms with Crippen molar-refractivity contribution in [3.05, 3.63) is 93.1 Å². The van der Waals surface area contributed by atoms with E-state index in [1.165, 1.54) is 18.3 Å². The number of anilines is 1. The number of benzene rings is 3. The van der Waals surface area contributed by atoms with Crippen LogP contribution in [0.15, 0.2) is 54.7 Å². The third kappa shape index (κ3) is 6.79. The lowest BCUT2D eigenvalue weighted by molar-refractivity contribution is -0.139. The molecule has 0 bridgehead atoms. The molecule has 0 saturated heterocycles. The number of carbonyl (C=O) groups is 2. The highest BCUT2D eigenvalue weighted by atomic mass is 35.5. The van der Waals surface area contributed by atoms with Gasteiger partial charge in [-0.05, 0) is 42.8 Å². The van der Waals surface area contributed by atoms with Gasteiger partial charge in [0.05, 0.1) is 27.2 Å². The van der Waals surface area contributed by atoms with Gasteiger partial charge in [-0.3, -0.25) is 9.78 Å². The van der Waals surface area contributed by atoms with Gasteiger partial charge in [-0.15, -0.1) is 0 Å². The lowest BCUT2D eigenvalue weighted by Gasteiger charge is -2.20. The van der Waals surface area contributed by atoms with Crippen LogP contribution in [0.5, 0.6) is 0 Å². The Hall–Kier alpha value is -4.47. The van der Waals surface area contributed by atoms with Crippen LogP contribution in [-0.2, 0) is 11.2 Å². The Morgan fingerprint density at radius 3 is 2.26 bits per heavy atom. The standard InChI is InChI=1S/C29H19Cl2F5N4O3/c1-13(29(34,35)36)39-16-10-21(32)25(22(33)11-16)27(41)40-23(28(42)43)9-15-4-5-18(26-17(15)3-2-6-38-26)24-19(30)7-14(12-37)8-20(24)31/h2-8,10-11,13,23,39H,9H2,1H3,(H,40,41)(H,42,43)/t13-,23+/m1/s1. The Labute approximate surface area is 250 Å². The molecule has 1 amide bonds. The molecule has 0 aliphatic carbocycles. The molecule has 4 rings (SSSR count). The lowest BCUT2D eigenvalue weighted by Crippen LogP contribution is -2.43. The minimum absolute atomic E-state index is 0.178. The van der Waals surface area contributed by atoms with Crippen LogP contribution in [0.3, 0.4) is 0 Å². The van der Waals surface area contributed by atoms with Gasteiger partial charge in [0.25, 0.3) is 5.91 Å². The van der Waals surface area contributed by atoms with Crippen LogP contribution >= 0.6 is 23.2 Å². The molecule has 0 saturated carbocycles. The SMILES string of the molecule is C[C@@H](Nc1cc(F)c(C(=O)N[C@@H](Cc2ccc(-c3c(Cl)cc(C#N)cc3Cl)c3ncccc23)C(=O)O)c(F)c1)C(F)(F)F. The molecule has 1 aromatic heterocycles. The van der Waals surface area contributed by atoms with E-state index in [1.807, 2.05) is 11.4 Å². The van der Waals surface area contributed by atoms with Crippen LogP contribution < -0.4 is 10.6 Å². The summed E-state index contributed by atoms with van der Waals surface area (Å²) in [5, 5.41) is 23.8. The number of rotatable bonds is 8.